The number of rotatable bonds is 6. The largest absolute Gasteiger partial charge is 0.494 e. The maximum absolute atomic E-state index is 5.51. The van der Waals surface area contributed by atoms with Crippen LogP contribution in [0, 0.1) is 6.92 Å². The Morgan fingerprint density at radius 3 is 1.64 bits per heavy atom. The molecule has 5 heteroatoms. The highest BCUT2D eigenvalue weighted by Crippen LogP contribution is 2.30. The third-order valence-corrected chi connectivity index (χ3v) is 3.67. The van der Waals surface area contributed by atoms with Crippen molar-refractivity contribution in [1.29, 1.82) is 0 Å². The maximum atomic E-state index is 5.51. The zero-order chi connectivity index (χ0) is 17.6. The summed E-state index contributed by atoms with van der Waals surface area (Å²) < 4.78 is 11.0. The minimum atomic E-state index is 0.638. The van der Waals surface area contributed by atoms with Crippen LogP contribution in [0.1, 0.15) is 19.7 Å². The van der Waals surface area contributed by atoms with Gasteiger partial charge < -0.3 is 9.47 Å². The first-order chi connectivity index (χ1) is 12.2. The highest BCUT2D eigenvalue weighted by atomic mass is 16.5. The van der Waals surface area contributed by atoms with Crippen molar-refractivity contribution < 1.29 is 9.47 Å². The molecule has 0 saturated carbocycles. The summed E-state index contributed by atoms with van der Waals surface area (Å²) in [6.45, 7) is 7.06. The molecule has 0 aliphatic rings. The summed E-state index contributed by atoms with van der Waals surface area (Å²) in [5.74, 6) is 2.31. The molecule has 0 bridgehead atoms. The second-order valence-corrected chi connectivity index (χ2v) is 5.47. The van der Waals surface area contributed by atoms with Crippen molar-refractivity contribution in [2.75, 3.05) is 13.2 Å². The Morgan fingerprint density at radius 2 is 1.16 bits per heavy atom. The molecule has 0 fully saturated rings. The summed E-state index contributed by atoms with van der Waals surface area (Å²) >= 11 is 0. The SMILES string of the molecule is CCOc1ccc(-c2nnc(C)nc2-c2ccc(OCC)cc2)cc1. The Balaban J connectivity index is 2.00. The fourth-order valence-electron chi connectivity index (χ4n) is 2.55. The molecule has 0 aliphatic heterocycles. The fourth-order valence-corrected chi connectivity index (χ4v) is 2.55. The van der Waals surface area contributed by atoms with Crippen LogP contribution in [0.3, 0.4) is 0 Å². The van der Waals surface area contributed by atoms with Crippen LogP contribution in [-0.4, -0.2) is 28.4 Å². The van der Waals surface area contributed by atoms with Crippen molar-refractivity contribution in [3.05, 3.63) is 54.4 Å². The van der Waals surface area contributed by atoms with E-state index in [1.54, 1.807) is 0 Å². The van der Waals surface area contributed by atoms with Gasteiger partial charge >= 0.3 is 0 Å². The molecule has 0 N–H and O–H groups in total. The van der Waals surface area contributed by atoms with Crippen molar-refractivity contribution in [1.82, 2.24) is 15.2 Å². The minimum absolute atomic E-state index is 0.638. The third kappa shape index (κ3) is 3.94. The predicted molar refractivity (Wildman–Crippen MR) is 97.8 cm³/mol. The van der Waals surface area contributed by atoms with Crippen LogP contribution in [0.4, 0.5) is 0 Å². The van der Waals surface area contributed by atoms with Gasteiger partial charge in [0.1, 0.15) is 28.7 Å². The van der Waals surface area contributed by atoms with Crippen LogP contribution < -0.4 is 9.47 Å². The Labute approximate surface area is 147 Å². The van der Waals surface area contributed by atoms with E-state index in [1.807, 2.05) is 69.3 Å². The second kappa shape index (κ2) is 7.75. The van der Waals surface area contributed by atoms with Gasteiger partial charge in [0, 0.05) is 11.1 Å². The van der Waals surface area contributed by atoms with E-state index in [0.29, 0.717) is 19.0 Å². The normalized spacial score (nSPS) is 10.5. The standard InChI is InChI=1S/C20H21N3O2/c1-4-24-17-10-6-15(7-11-17)19-20(23-22-14(3)21-19)16-8-12-18(13-9-16)25-5-2/h6-13H,4-5H2,1-3H3. The molecule has 0 saturated heterocycles. The lowest BCUT2D eigenvalue weighted by molar-refractivity contribution is 0.340. The molecular weight excluding hydrogens is 314 g/mol. The topological polar surface area (TPSA) is 57.1 Å². The van der Waals surface area contributed by atoms with E-state index in [2.05, 4.69) is 15.2 Å². The zero-order valence-electron chi connectivity index (χ0n) is 14.7. The van der Waals surface area contributed by atoms with Crippen molar-refractivity contribution in [2.45, 2.75) is 20.8 Å². The van der Waals surface area contributed by atoms with Crippen LogP contribution in [0.25, 0.3) is 22.5 Å². The van der Waals surface area contributed by atoms with Gasteiger partial charge in [-0.05, 0) is 69.3 Å². The summed E-state index contributed by atoms with van der Waals surface area (Å²) in [6.07, 6.45) is 0. The zero-order valence-corrected chi connectivity index (χ0v) is 14.7. The summed E-state index contributed by atoms with van der Waals surface area (Å²) in [4.78, 5) is 4.61. The van der Waals surface area contributed by atoms with E-state index >= 15 is 0 Å². The molecule has 0 aliphatic carbocycles. The molecule has 25 heavy (non-hydrogen) atoms. The van der Waals surface area contributed by atoms with Crippen LogP contribution in [0.15, 0.2) is 48.5 Å². The first kappa shape index (κ1) is 16.9. The Kier molecular flexibility index (Phi) is 5.23. The van der Waals surface area contributed by atoms with Crippen molar-refractivity contribution in [3.8, 4) is 34.0 Å². The summed E-state index contributed by atoms with van der Waals surface area (Å²) in [7, 11) is 0. The van der Waals surface area contributed by atoms with Gasteiger partial charge in [-0.15, -0.1) is 10.2 Å². The maximum Gasteiger partial charge on any atom is 0.148 e. The van der Waals surface area contributed by atoms with Crippen molar-refractivity contribution >= 4 is 0 Å². The number of aryl methyl sites for hydroxylation is 1. The van der Waals surface area contributed by atoms with Gasteiger partial charge in [0.05, 0.1) is 13.2 Å². The van der Waals surface area contributed by atoms with Gasteiger partial charge in [-0.1, -0.05) is 0 Å². The summed E-state index contributed by atoms with van der Waals surface area (Å²) in [5.41, 5.74) is 3.48. The predicted octanol–water partition coefficient (Wildman–Crippen LogP) is 4.31. The van der Waals surface area contributed by atoms with Gasteiger partial charge in [-0.2, -0.15) is 0 Å². The number of nitrogens with zero attached hydrogens (tertiary/aromatic N) is 3. The van der Waals surface area contributed by atoms with E-state index in [0.717, 1.165) is 34.0 Å². The Bertz CT molecular complexity index is 831. The van der Waals surface area contributed by atoms with Crippen molar-refractivity contribution in [3.63, 3.8) is 0 Å². The van der Waals surface area contributed by atoms with Crippen LogP contribution in [-0.2, 0) is 0 Å². The first-order valence-electron chi connectivity index (χ1n) is 8.39. The fraction of sp³-hybridized carbons (Fsp3) is 0.250. The number of hydrogen-bond donors (Lipinski definition) is 0. The van der Waals surface area contributed by atoms with Crippen LogP contribution in [0.5, 0.6) is 11.5 Å². The molecule has 0 radical (unpaired) electrons. The lowest BCUT2D eigenvalue weighted by Gasteiger charge is -2.10. The molecule has 0 amide bonds. The lowest BCUT2D eigenvalue weighted by Crippen LogP contribution is -2.00. The average Bonchev–Trinajstić information content (AvgIpc) is 2.64. The number of benzene rings is 2. The monoisotopic (exact) mass is 335 g/mol. The number of ether oxygens (including phenoxy) is 2. The van der Waals surface area contributed by atoms with Gasteiger partial charge in [-0.25, -0.2) is 4.98 Å². The van der Waals surface area contributed by atoms with Gasteiger partial charge in [0.25, 0.3) is 0 Å². The molecule has 0 spiro atoms. The lowest BCUT2D eigenvalue weighted by atomic mass is 10.0. The molecule has 2 aromatic carbocycles. The van der Waals surface area contributed by atoms with E-state index in [-0.39, 0.29) is 0 Å². The molecular formula is C20H21N3O2. The molecule has 5 nitrogen and oxygen atoms in total. The average molecular weight is 335 g/mol. The van der Waals surface area contributed by atoms with E-state index < -0.39 is 0 Å². The molecule has 3 aromatic rings. The number of hydrogen-bond acceptors (Lipinski definition) is 5. The Morgan fingerprint density at radius 1 is 0.680 bits per heavy atom. The van der Waals surface area contributed by atoms with Gasteiger partial charge in [-0.3, -0.25) is 0 Å². The summed E-state index contributed by atoms with van der Waals surface area (Å²) in [5, 5.41) is 8.51. The van der Waals surface area contributed by atoms with Crippen LogP contribution >= 0.6 is 0 Å². The third-order valence-electron chi connectivity index (χ3n) is 3.67. The highest BCUT2D eigenvalue weighted by molar-refractivity contribution is 5.77. The smallest absolute Gasteiger partial charge is 0.148 e. The van der Waals surface area contributed by atoms with E-state index in [9.17, 15) is 0 Å². The molecule has 0 atom stereocenters. The van der Waals surface area contributed by atoms with E-state index in [4.69, 9.17) is 9.47 Å². The van der Waals surface area contributed by atoms with Crippen LogP contribution in [0.2, 0.25) is 0 Å². The Hall–Kier alpha value is -2.95. The molecule has 0 unspecified atom stereocenters. The molecule has 1 aromatic heterocycles. The first-order valence-corrected chi connectivity index (χ1v) is 8.39. The minimum Gasteiger partial charge on any atom is -0.494 e. The van der Waals surface area contributed by atoms with Gasteiger partial charge in [0.2, 0.25) is 0 Å². The molecule has 128 valence electrons. The summed E-state index contributed by atoms with van der Waals surface area (Å²) in [6, 6.07) is 15.7. The second-order valence-electron chi connectivity index (χ2n) is 5.47. The number of aromatic nitrogens is 3. The highest BCUT2D eigenvalue weighted by Gasteiger charge is 2.13. The molecule has 1 heterocycles. The quantitative estimate of drug-likeness (QED) is 0.672. The van der Waals surface area contributed by atoms with Crippen molar-refractivity contribution in [2.24, 2.45) is 0 Å². The molecule has 3 rings (SSSR count). The van der Waals surface area contributed by atoms with E-state index in [1.165, 1.54) is 0 Å². The van der Waals surface area contributed by atoms with Gasteiger partial charge in [0.15, 0.2) is 0 Å².